The molecule has 7 nitrogen and oxygen atoms in total. The van der Waals surface area contributed by atoms with Crippen LogP contribution in [0.3, 0.4) is 0 Å². The van der Waals surface area contributed by atoms with Gasteiger partial charge in [0.1, 0.15) is 6.61 Å². The number of anilines is 1. The lowest BCUT2D eigenvalue weighted by Gasteiger charge is -2.19. The highest BCUT2D eigenvalue weighted by Gasteiger charge is 2.32. The normalized spacial score (nSPS) is 16.1. The van der Waals surface area contributed by atoms with Crippen LogP contribution < -0.4 is 25.4 Å². The Hall–Kier alpha value is -2.98. The Morgan fingerprint density at radius 1 is 1.31 bits per heavy atom. The second-order valence-corrected chi connectivity index (χ2v) is 8.55. The molecule has 1 unspecified atom stereocenters. The highest BCUT2D eigenvalue weighted by atomic mass is 19.4. The maximum Gasteiger partial charge on any atom is 0.422 e. The second-order valence-electron chi connectivity index (χ2n) is 8.55. The lowest BCUT2D eigenvalue weighted by molar-refractivity contribution is -0.153. The first kappa shape index (κ1) is 26.6. The molecular formula is C25H31F3N3O4. The topological polar surface area (TPSA) is 97.1 Å². The third-order valence-electron chi connectivity index (χ3n) is 5.67. The number of nitrogens with two attached hydrogens (primary N) is 1. The molecule has 0 spiro atoms. The molecule has 2 atom stereocenters. The van der Waals surface area contributed by atoms with E-state index in [2.05, 4.69) is 11.4 Å². The summed E-state index contributed by atoms with van der Waals surface area (Å²) >= 11 is 0. The van der Waals surface area contributed by atoms with Crippen LogP contribution in [-0.4, -0.2) is 62.7 Å². The largest absolute Gasteiger partial charge is 0.488 e. The zero-order valence-corrected chi connectivity index (χ0v) is 19.6. The predicted octanol–water partition coefficient (Wildman–Crippen LogP) is 2.80. The number of amides is 1. The van der Waals surface area contributed by atoms with Crippen molar-refractivity contribution in [3.8, 4) is 11.5 Å². The van der Waals surface area contributed by atoms with Crippen LogP contribution in [0.15, 0.2) is 36.4 Å². The van der Waals surface area contributed by atoms with Gasteiger partial charge in [0.15, 0.2) is 18.1 Å². The van der Waals surface area contributed by atoms with Gasteiger partial charge >= 0.3 is 6.18 Å². The standard InChI is InChI=1S/C25H31F3N3O4/c1-17(30-9-12-34-22-5-2-3-6-23(22)35-16-25(26,27)28)13-18-7-8-21-19(14-18)20(24(29)33)15-31(21)10-4-11-32/h2-3,5-7,14,17,20,30,32H,4,9-13,15-16H2,1H3,(H2,29,33)/t17-,20?/m1/s1. The molecular weight excluding hydrogens is 463 g/mol. The SMILES string of the molecule is C[C@H](Cc1c[c]c2c(c1)C(C(N)=O)CN2CCCO)NCCOc1ccccc1OCC(F)(F)F. The second kappa shape index (κ2) is 12.1. The molecule has 2 aromatic rings. The van der Waals surface area contributed by atoms with E-state index in [1.54, 1.807) is 18.2 Å². The number of rotatable bonds is 13. The number of carbonyl (C=O) groups excluding carboxylic acids is 1. The van der Waals surface area contributed by atoms with Gasteiger partial charge < -0.3 is 30.5 Å². The first-order valence-electron chi connectivity index (χ1n) is 11.5. The lowest BCUT2D eigenvalue weighted by Crippen LogP contribution is -2.32. The summed E-state index contributed by atoms with van der Waals surface area (Å²) in [5.41, 5.74) is 8.33. The zero-order valence-electron chi connectivity index (χ0n) is 19.6. The van der Waals surface area contributed by atoms with Crippen LogP contribution >= 0.6 is 0 Å². The van der Waals surface area contributed by atoms with E-state index in [1.807, 2.05) is 24.0 Å². The lowest BCUT2D eigenvalue weighted by atomic mass is 9.96. The molecule has 1 amide bonds. The van der Waals surface area contributed by atoms with Gasteiger partial charge in [-0.3, -0.25) is 4.79 Å². The number of hydrogen-bond donors (Lipinski definition) is 3. The Morgan fingerprint density at radius 3 is 2.69 bits per heavy atom. The Bertz CT molecular complexity index is 987. The fourth-order valence-corrected chi connectivity index (χ4v) is 4.07. The zero-order chi connectivity index (χ0) is 25.4. The van der Waals surface area contributed by atoms with Crippen molar-refractivity contribution in [2.24, 2.45) is 5.73 Å². The van der Waals surface area contributed by atoms with Crippen molar-refractivity contribution >= 4 is 11.6 Å². The molecule has 1 aliphatic rings. The third-order valence-corrected chi connectivity index (χ3v) is 5.67. The Morgan fingerprint density at radius 2 is 2.03 bits per heavy atom. The summed E-state index contributed by atoms with van der Waals surface area (Å²) in [4.78, 5) is 14.0. The quantitative estimate of drug-likeness (QED) is 0.371. The highest BCUT2D eigenvalue weighted by Crippen LogP contribution is 2.36. The number of para-hydroxylation sites is 2. The monoisotopic (exact) mass is 494 g/mol. The number of aliphatic hydroxyl groups is 1. The minimum atomic E-state index is -4.42. The molecule has 0 aromatic heterocycles. The number of ether oxygens (including phenoxy) is 2. The van der Waals surface area contributed by atoms with E-state index in [4.69, 9.17) is 20.3 Å². The summed E-state index contributed by atoms with van der Waals surface area (Å²) in [5, 5.41) is 12.4. The maximum absolute atomic E-state index is 12.4. The van der Waals surface area contributed by atoms with Crippen molar-refractivity contribution in [3.63, 3.8) is 0 Å². The summed E-state index contributed by atoms with van der Waals surface area (Å²) in [6.07, 6.45) is -3.14. The van der Waals surface area contributed by atoms with E-state index in [1.165, 1.54) is 6.07 Å². The molecule has 191 valence electrons. The number of carbonyl (C=O) groups is 1. The van der Waals surface area contributed by atoms with E-state index < -0.39 is 18.7 Å². The Kier molecular flexibility index (Phi) is 9.22. The first-order valence-corrected chi connectivity index (χ1v) is 11.5. The van der Waals surface area contributed by atoms with Gasteiger partial charge in [-0.2, -0.15) is 13.2 Å². The highest BCUT2D eigenvalue weighted by molar-refractivity contribution is 5.87. The van der Waals surface area contributed by atoms with E-state index in [9.17, 15) is 18.0 Å². The summed E-state index contributed by atoms with van der Waals surface area (Å²) in [6, 6.07) is 13.5. The van der Waals surface area contributed by atoms with Crippen molar-refractivity contribution in [2.45, 2.75) is 37.9 Å². The average molecular weight is 495 g/mol. The molecule has 0 saturated heterocycles. The fraction of sp³-hybridized carbons (Fsp3) is 0.480. The van der Waals surface area contributed by atoms with Gasteiger partial charge in [-0.15, -0.1) is 0 Å². The van der Waals surface area contributed by atoms with E-state index in [-0.39, 0.29) is 36.7 Å². The minimum Gasteiger partial charge on any atom is -0.488 e. The van der Waals surface area contributed by atoms with Gasteiger partial charge in [0, 0.05) is 44.0 Å². The van der Waals surface area contributed by atoms with Crippen molar-refractivity contribution in [2.75, 3.05) is 44.4 Å². The molecule has 3 rings (SSSR count). The van der Waals surface area contributed by atoms with Gasteiger partial charge in [0.05, 0.1) is 5.92 Å². The van der Waals surface area contributed by atoms with Gasteiger partial charge in [0.25, 0.3) is 0 Å². The van der Waals surface area contributed by atoms with Gasteiger partial charge in [0.2, 0.25) is 5.91 Å². The van der Waals surface area contributed by atoms with Crippen molar-refractivity contribution < 1.29 is 32.5 Å². The molecule has 1 radical (unpaired) electrons. The van der Waals surface area contributed by atoms with Gasteiger partial charge in [-0.25, -0.2) is 0 Å². The summed E-state index contributed by atoms with van der Waals surface area (Å²) in [7, 11) is 0. The van der Waals surface area contributed by atoms with Gasteiger partial charge in [-0.1, -0.05) is 18.2 Å². The number of benzene rings is 2. The number of primary amides is 1. The number of nitrogens with one attached hydrogen (secondary N) is 1. The first-order chi connectivity index (χ1) is 16.7. The predicted molar refractivity (Wildman–Crippen MR) is 126 cm³/mol. The third kappa shape index (κ3) is 7.76. The fourth-order valence-electron chi connectivity index (χ4n) is 4.07. The number of halogens is 3. The average Bonchev–Trinajstić information content (AvgIpc) is 3.17. The molecule has 35 heavy (non-hydrogen) atoms. The summed E-state index contributed by atoms with van der Waals surface area (Å²) in [5.74, 6) is -0.492. The molecule has 0 bridgehead atoms. The molecule has 0 fully saturated rings. The van der Waals surface area contributed by atoms with E-state index >= 15 is 0 Å². The Balaban J connectivity index is 1.51. The molecule has 0 saturated carbocycles. The van der Waals surface area contributed by atoms with E-state index in [0.717, 1.165) is 16.8 Å². The van der Waals surface area contributed by atoms with Crippen LogP contribution in [0, 0.1) is 6.07 Å². The van der Waals surface area contributed by atoms with Crippen LogP contribution in [0.2, 0.25) is 0 Å². The van der Waals surface area contributed by atoms with Crippen LogP contribution in [0.1, 0.15) is 30.4 Å². The number of hydrogen-bond acceptors (Lipinski definition) is 6. The van der Waals surface area contributed by atoms with Crippen LogP contribution in [0.5, 0.6) is 11.5 Å². The molecule has 1 heterocycles. The summed E-state index contributed by atoms with van der Waals surface area (Å²) in [6.45, 7) is 2.54. The van der Waals surface area contributed by atoms with Crippen molar-refractivity contribution in [1.82, 2.24) is 5.32 Å². The molecule has 2 aromatic carbocycles. The van der Waals surface area contributed by atoms with Crippen LogP contribution in [0.4, 0.5) is 18.9 Å². The van der Waals surface area contributed by atoms with Crippen LogP contribution in [0.25, 0.3) is 0 Å². The Labute approximate surface area is 203 Å². The van der Waals surface area contributed by atoms with Crippen molar-refractivity contribution in [1.29, 1.82) is 0 Å². The molecule has 1 aliphatic heterocycles. The smallest absolute Gasteiger partial charge is 0.422 e. The summed E-state index contributed by atoms with van der Waals surface area (Å²) < 4.78 is 47.8. The molecule has 4 N–H and O–H groups in total. The molecule has 0 aliphatic carbocycles. The van der Waals surface area contributed by atoms with Crippen LogP contribution in [-0.2, 0) is 11.2 Å². The number of aliphatic hydroxyl groups excluding tert-OH is 1. The minimum absolute atomic E-state index is 0.0450. The van der Waals surface area contributed by atoms with Gasteiger partial charge in [-0.05, 0) is 49.1 Å². The number of nitrogens with zero attached hydrogens (tertiary/aromatic N) is 1. The molecule has 10 heteroatoms. The van der Waals surface area contributed by atoms with E-state index in [0.29, 0.717) is 32.5 Å². The number of alkyl halides is 3. The van der Waals surface area contributed by atoms with Crippen molar-refractivity contribution in [3.05, 3.63) is 53.6 Å². The number of fused-ring (bicyclic) bond motifs is 1. The maximum atomic E-state index is 12.4.